The summed E-state index contributed by atoms with van der Waals surface area (Å²) in [5.74, 6) is 0.367. The first-order chi connectivity index (χ1) is 13.4. The van der Waals surface area contributed by atoms with Gasteiger partial charge in [0.2, 0.25) is 5.88 Å². The van der Waals surface area contributed by atoms with Gasteiger partial charge in [-0.25, -0.2) is 0 Å². The van der Waals surface area contributed by atoms with Crippen molar-refractivity contribution in [1.29, 1.82) is 0 Å². The van der Waals surface area contributed by atoms with E-state index in [1.54, 1.807) is 18.5 Å². The van der Waals surface area contributed by atoms with Gasteiger partial charge < -0.3 is 20.8 Å². The predicted octanol–water partition coefficient (Wildman–Crippen LogP) is 3.06. The topological polar surface area (TPSA) is 111 Å². The van der Waals surface area contributed by atoms with E-state index in [2.05, 4.69) is 21.8 Å². The molecule has 3 aromatic heterocycles. The van der Waals surface area contributed by atoms with Crippen LogP contribution in [-0.4, -0.2) is 34.9 Å². The van der Waals surface area contributed by atoms with Gasteiger partial charge in [-0.3, -0.25) is 14.8 Å². The zero-order valence-corrected chi connectivity index (χ0v) is 16.3. The van der Waals surface area contributed by atoms with Crippen LogP contribution < -0.4 is 16.4 Å². The second-order valence-corrected chi connectivity index (χ2v) is 7.89. The molecule has 1 saturated heterocycles. The highest BCUT2D eigenvalue weighted by molar-refractivity contribution is 6.31. The molecule has 0 bridgehead atoms. The van der Waals surface area contributed by atoms with Crippen molar-refractivity contribution in [3.8, 4) is 0 Å². The van der Waals surface area contributed by atoms with Crippen LogP contribution in [0.5, 0.6) is 0 Å². The van der Waals surface area contributed by atoms with Crippen molar-refractivity contribution in [2.45, 2.75) is 25.8 Å². The number of fused-ring (bicyclic) bond motifs is 1. The van der Waals surface area contributed by atoms with Gasteiger partial charge in [0, 0.05) is 61.5 Å². The first-order valence-corrected chi connectivity index (χ1v) is 9.60. The van der Waals surface area contributed by atoms with Crippen LogP contribution in [0.25, 0.3) is 11.1 Å². The Morgan fingerprint density at radius 1 is 1.39 bits per heavy atom. The van der Waals surface area contributed by atoms with E-state index in [4.69, 9.17) is 27.5 Å². The standard InChI is InChI=1S/C20H22ClN5O2/c1-11-4-14(22)10-26(9-11)15-2-3-24-7-12(15)5-16(27)18-19-17(28-20(18)23)6-13(21)8-25-19/h2-3,6-8,11,14H,4-5,9-10,22-23H2,1H3/t11-,14+/m1/s1. The number of piperidine rings is 1. The second kappa shape index (κ2) is 7.41. The smallest absolute Gasteiger partial charge is 0.204 e. The molecule has 28 heavy (non-hydrogen) atoms. The monoisotopic (exact) mass is 399 g/mol. The lowest BCUT2D eigenvalue weighted by molar-refractivity contribution is 0.0994. The third kappa shape index (κ3) is 3.55. The summed E-state index contributed by atoms with van der Waals surface area (Å²) in [4.78, 5) is 23.7. The number of nitrogen functional groups attached to an aromatic ring is 1. The summed E-state index contributed by atoms with van der Waals surface area (Å²) >= 11 is 5.95. The molecule has 1 aliphatic heterocycles. The van der Waals surface area contributed by atoms with Gasteiger partial charge in [0.05, 0.1) is 5.02 Å². The van der Waals surface area contributed by atoms with Gasteiger partial charge in [0.15, 0.2) is 11.4 Å². The van der Waals surface area contributed by atoms with Crippen molar-refractivity contribution in [2.24, 2.45) is 11.7 Å². The third-order valence-corrected chi connectivity index (χ3v) is 5.27. The van der Waals surface area contributed by atoms with E-state index >= 15 is 0 Å². The molecule has 0 radical (unpaired) electrons. The molecule has 1 fully saturated rings. The van der Waals surface area contributed by atoms with Gasteiger partial charge >= 0.3 is 0 Å². The summed E-state index contributed by atoms with van der Waals surface area (Å²) in [5.41, 5.74) is 15.1. The number of ketones is 1. The number of aromatic nitrogens is 2. The maximum absolute atomic E-state index is 13.1. The van der Waals surface area contributed by atoms with Crippen LogP contribution in [0.2, 0.25) is 5.02 Å². The SMILES string of the molecule is C[C@@H]1C[C@H](N)CN(c2ccncc2CC(=O)c2c(N)oc3cc(Cl)cnc23)C1. The fourth-order valence-electron chi connectivity index (χ4n) is 3.96. The lowest BCUT2D eigenvalue weighted by Crippen LogP contribution is -2.46. The lowest BCUT2D eigenvalue weighted by atomic mass is 9.95. The summed E-state index contributed by atoms with van der Waals surface area (Å²) in [6.07, 6.45) is 6.08. The summed E-state index contributed by atoms with van der Waals surface area (Å²) in [6, 6.07) is 3.65. The Kier molecular flexibility index (Phi) is 4.95. The number of furan rings is 1. The molecule has 4 heterocycles. The number of Topliss-reactive ketones (excluding diaryl/α,β-unsaturated/α-hetero) is 1. The Balaban J connectivity index is 1.65. The fraction of sp³-hybridized carbons (Fsp3) is 0.350. The molecule has 7 nitrogen and oxygen atoms in total. The van der Waals surface area contributed by atoms with E-state index in [1.807, 2.05) is 6.07 Å². The first kappa shape index (κ1) is 18.7. The maximum Gasteiger partial charge on any atom is 0.204 e. The van der Waals surface area contributed by atoms with Gasteiger partial charge in [0.1, 0.15) is 11.1 Å². The largest absolute Gasteiger partial charge is 0.438 e. The van der Waals surface area contributed by atoms with Crippen LogP contribution in [0.3, 0.4) is 0 Å². The number of hydrogen-bond acceptors (Lipinski definition) is 7. The van der Waals surface area contributed by atoms with Gasteiger partial charge in [-0.2, -0.15) is 0 Å². The maximum atomic E-state index is 13.1. The fourth-order valence-corrected chi connectivity index (χ4v) is 4.11. The van der Waals surface area contributed by atoms with E-state index in [0.29, 0.717) is 22.0 Å². The quantitative estimate of drug-likeness (QED) is 0.648. The normalized spacial score (nSPS) is 19.9. The highest BCUT2D eigenvalue weighted by Crippen LogP contribution is 2.31. The highest BCUT2D eigenvalue weighted by atomic mass is 35.5. The Morgan fingerprint density at radius 2 is 2.21 bits per heavy atom. The Labute approximate surface area is 167 Å². The molecule has 2 atom stereocenters. The van der Waals surface area contributed by atoms with Crippen molar-refractivity contribution < 1.29 is 9.21 Å². The number of carbonyl (C=O) groups is 1. The average molecular weight is 400 g/mol. The van der Waals surface area contributed by atoms with E-state index in [9.17, 15) is 4.79 Å². The summed E-state index contributed by atoms with van der Waals surface area (Å²) < 4.78 is 5.48. The number of halogens is 1. The van der Waals surface area contributed by atoms with E-state index in [1.165, 1.54) is 6.20 Å². The van der Waals surface area contributed by atoms with Crippen LogP contribution in [0.1, 0.15) is 29.3 Å². The summed E-state index contributed by atoms with van der Waals surface area (Å²) in [6.45, 7) is 3.84. The molecule has 8 heteroatoms. The number of pyridine rings is 2. The van der Waals surface area contributed by atoms with Crippen LogP contribution in [-0.2, 0) is 6.42 Å². The Morgan fingerprint density at radius 3 is 3.00 bits per heavy atom. The Bertz CT molecular complexity index is 1020. The van der Waals surface area contributed by atoms with Crippen LogP contribution in [0.4, 0.5) is 11.6 Å². The molecular weight excluding hydrogens is 378 g/mol. The number of carbonyl (C=O) groups excluding carboxylic acids is 1. The molecule has 4 rings (SSSR count). The van der Waals surface area contributed by atoms with Crippen LogP contribution in [0, 0.1) is 5.92 Å². The minimum absolute atomic E-state index is 0.0498. The van der Waals surface area contributed by atoms with Crippen molar-refractivity contribution in [3.63, 3.8) is 0 Å². The lowest BCUT2D eigenvalue weighted by Gasteiger charge is -2.37. The minimum Gasteiger partial charge on any atom is -0.438 e. The van der Waals surface area contributed by atoms with Crippen molar-refractivity contribution >= 4 is 40.1 Å². The molecule has 0 saturated carbocycles. The van der Waals surface area contributed by atoms with Gasteiger partial charge in [-0.1, -0.05) is 18.5 Å². The molecular formula is C20H22ClN5O2. The van der Waals surface area contributed by atoms with E-state index < -0.39 is 0 Å². The number of hydrogen-bond donors (Lipinski definition) is 2. The van der Waals surface area contributed by atoms with Gasteiger partial charge in [-0.05, 0) is 18.4 Å². The summed E-state index contributed by atoms with van der Waals surface area (Å²) in [5, 5.41) is 0.422. The minimum atomic E-state index is -0.172. The molecule has 0 aromatic carbocycles. The second-order valence-electron chi connectivity index (χ2n) is 7.45. The zero-order chi connectivity index (χ0) is 19.8. The summed E-state index contributed by atoms with van der Waals surface area (Å²) in [7, 11) is 0. The average Bonchev–Trinajstić information content (AvgIpc) is 2.96. The van der Waals surface area contributed by atoms with Crippen LogP contribution in [0.15, 0.2) is 35.1 Å². The van der Waals surface area contributed by atoms with Crippen molar-refractivity contribution in [1.82, 2.24) is 9.97 Å². The molecule has 3 aromatic rings. The molecule has 0 unspecified atom stereocenters. The number of anilines is 2. The van der Waals surface area contributed by atoms with E-state index in [0.717, 1.165) is 30.8 Å². The van der Waals surface area contributed by atoms with Gasteiger partial charge in [-0.15, -0.1) is 0 Å². The molecule has 0 spiro atoms. The molecule has 4 N–H and O–H groups in total. The Hall–Kier alpha value is -2.64. The van der Waals surface area contributed by atoms with Gasteiger partial charge in [0.25, 0.3) is 0 Å². The highest BCUT2D eigenvalue weighted by Gasteiger charge is 2.26. The van der Waals surface area contributed by atoms with Crippen molar-refractivity contribution in [3.05, 3.63) is 46.9 Å². The number of nitrogens with two attached hydrogens (primary N) is 2. The zero-order valence-electron chi connectivity index (χ0n) is 15.6. The molecule has 0 amide bonds. The predicted molar refractivity (Wildman–Crippen MR) is 110 cm³/mol. The van der Waals surface area contributed by atoms with E-state index in [-0.39, 0.29) is 29.7 Å². The molecule has 146 valence electrons. The third-order valence-electron chi connectivity index (χ3n) is 5.06. The first-order valence-electron chi connectivity index (χ1n) is 9.22. The molecule has 1 aliphatic rings. The number of nitrogens with zero attached hydrogens (tertiary/aromatic N) is 3. The van der Waals surface area contributed by atoms with Crippen LogP contribution >= 0.6 is 11.6 Å². The number of rotatable bonds is 4. The van der Waals surface area contributed by atoms with Crippen molar-refractivity contribution in [2.75, 3.05) is 23.7 Å². The molecule has 0 aliphatic carbocycles.